The van der Waals surface area contributed by atoms with Crippen LogP contribution in [0, 0.1) is 5.92 Å². The SMILES string of the molecule is CCCCCC1NC(=O)C(CC(C)C)NC1=O. The molecular formula is C13H24N2O2. The van der Waals surface area contributed by atoms with Gasteiger partial charge in [-0.25, -0.2) is 0 Å². The topological polar surface area (TPSA) is 58.2 Å². The van der Waals surface area contributed by atoms with E-state index >= 15 is 0 Å². The summed E-state index contributed by atoms with van der Waals surface area (Å²) in [6.07, 6.45) is 4.68. The van der Waals surface area contributed by atoms with E-state index in [1.54, 1.807) is 0 Å². The third kappa shape index (κ3) is 4.36. The van der Waals surface area contributed by atoms with Crippen LogP contribution >= 0.6 is 0 Å². The Labute approximate surface area is 104 Å². The molecule has 0 saturated carbocycles. The third-order valence-electron chi connectivity index (χ3n) is 3.07. The molecule has 4 nitrogen and oxygen atoms in total. The van der Waals surface area contributed by atoms with Gasteiger partial charge in [0.1, 0.15) is 12.1 Å². The minimum Gasteiger partial charge on any atom is -0.343 e. The van der Waals surface area contributed by atoms with Gasteiger partial charge < -0.3 is 10.6 Å². The fraction of sp³-hybridized carbons (Fsp3) is 0.846. The average molecular weight is 240 g/mol. The van der Waals surface area contributed by atoms with Crippen LogP contribution in [0.4, 0.5) is 0 Å². The van der Waals surface area contributed by atoms with Crippen LogP contribution in [0.15, 0.2) is 0 Å². The Morgan fingerprint density at radius 3 is 2.24 bits per heavy atom. The lowest BCUT2D eigenvalue weighted by Gasteiger charge is -2.30. The second-order valence-corrected chi connectivity index (χ2v) is 5.25. The summed E-state index contributed by atoms with van der Waals surface area (Å²) in [6.45, 7) is 6.22. The average Bonchev–Trinajstić information content (AvgIpc) is 2.24. The highest BCUT2D eigenvalue weighted by molar-refractivity contribution is 5.96. The molecule has 0 aromatic carbocycles. The van der Waals surface area contributed by atoms with Crippen LogP contribution in [0.2, 0.25) is 0 Å². The van der Waals surface area contributed by atoms with Crippen molar-refractivity contribution in [3.05, 3.63) is 0 Å². The maximum atomic E-state index is 11.8. The lowest BCUT2D eigenvalue weighted by Crippen LogP contribution is -2.61. The minimum absolute atomic E-state index is 0.0219. The zero-order chi connectivity index (χ0) is 12.8. The molecule has 1 aliphatic heterocycles. The highest BCUT2D eigenvalue weighted by atomic mass is 16.2. The molecule has 1 saturated heterocycles. The maximum absolute atomic E-state index is 11.8. The van der Waals surface area contributed by atoms with E-state index in [9.17, 15) is 9.59 Å². The van der Waals surface area contributed by atoms with Gasteiger partial charge in [-0.15, -0.1) is 0 Å². The van der Waals surface area contributed by atoms with Crippen LogP contribution in [-0.2, 0) is 9.59 Å². The number of unbranched alkanes of at least 4 members (excludes halogenated alkanes) is 2. The van der Waals surface area contributed by atoms with Gasteiger partial charge in [0, 0.05) is 0 Å². The first kappa shape index (κ1) is 14.0. The summed E-state index contributed by atoms with van der Waals surface area (Å²) in [7, 11) is 0. The monoisotopic (exact) mass is 240 g/mol. The summed E-state index contributed by atoms with van der Waals surface area (Å²) in [5.41, 5.74) is 0. The summed E-state index contributed by atoms with van der Waals surface area (Å²) in [5, 5.41) is 5.65. The number of carbonyl (C=O) groups is 2. The van der Waals surface area contributed by atoms with Crippen molar-refractivity contribution in [3.63, 3.8) is 0 Å². The van der Waals surface area contributed by atoms with Gasteiger partial charge in [0.15, 0.2) is 0 Å². The van der Waals surface area contributed by atoms with Gasteiger partial charge in [-0.2, -0.15) is 0 Å². The van der Waals surface area contributed by atoms with Crippen LogP contribution in [0.1, 0.15) is 52.9 Å². The van der Waals surface area contributed by atoms with Gasteiger partial charge in [-0.05, 0) is 18.8 Å². The van der Waals surface area contributed by atoms with Gasteiger partial charge in [0.2, 0.25) is 11.8 Å². The van der Waals surface area contributed by atoms with Gasteiger partial charge >= 0.3 is 0 Å². The number of amides is 2. The highest BCUT2D eigenvalue weighted by Crippen LogP contribution is 2.12. The van der Waals surface area contributed by atoms with Crippen molar-refractivity contribution in [2.24, 2.45) is 5.92 Å². The fourth-order valence-electron chi connectivity index (χ4n) is 2.11. The molecule has 2 unspecified atom stereocenters. The molecule has 4 heteroatoms. The van der Waals surface area contributed by atoms with Crippen molar-refractivity contribution in [1.29, 1.82) is 0 Å². The number of hydrogen-bond donors (Lipinski definition) is 2. The van der Waals surface area contributed by atoms with E-state index in [4.69, 9.17) is 0 Å². The van der Waals surface area contributed by atoms with E-state index in [-0.39, 0.29) is 23.9 Å². The molecule has 98 valence electrons. The standard InChI is InChI=1S/C13H24N2O2/c1-4-5-6-7-10-12(16)15-11(8-9(2)3)13(17)14-10/h9-11H,4-8H2,1-3H3,(H,14,17)(H,15,16). The van der Waals surface area contributed by atoms with Gasteiger partial charge in [-0.3, -0.25) is 9.59 Å². The van der Waals surface area contributed by atoms with Crippen LogP contribution in [0.5, 0.6) is 0 Å². The predicted molar refractivity (Wildman–Crippen MR) is 67.5 cm³/mol. The molecule has 17 heavy (non-hydrogen) atoms. The van der Waals surface area contributed by atoms with Crippen LogP contribution < -0.4 is 10.6 Å². The Morgan fingerprint density at radius 2 is 1.65 bits per heavy atom. The second-order valence-electron chi connectivity index (χ2n) is 5.25. The van der Waals surface area contributed by atoms with E-state index in [2.05, 4.69) is 17.6 Å². The molecule has 1 heterocycles. The quantitative estimate of drug-likeness (QED) is 0.693. The molecule has 0 bridgehead atoms. The van der Waals surface area contributed by atoms with Crippen LogP contribution in [0.25, 0.3) is 0 Å². The molecular weight excluding hydrogens is 216 g/mol. The first-order valence-corrected chi connectivity index (χ1v) is 6.65. The van der Waals surface area contributed by atoms with Crippen molar-refractivity contribution in [2.45, 2.75) is 65.0 Å². The molecule has 0 aromatic rings. The zero-order valence-corrected chi connectivity index (χ0v) is 11.1. The Bertz CT molecular complexity index is 277. The van der Waals surface area contributed by atoms with Crippen LogP contribution in [0.3, 0.4) is 0 Å². The van der Waals surface area contributed by atoms with Gasteiger partial charge in [0.25, 0.3) is 0 Å². The van der Waals surface area contributed by atoms with E-state index in [0.717, 1.165) is 25.7 Å². The van der Waals surface area contributed by atoms with E-state index in [1.807, 2.05) is 13.8 Å². The van der Waals surface area contributed by atoms with Gasteiger partial charge in [-0.1, -0.05) is 40.0 Å². The fourth-order valence-corrected chi connectivity index (χ4v) is 2.11. The first-order valence-electron chi connectivity index (χ1n) is 6.65. The van der Waals surface area contributed by atoms with E-state index in [1.165, 1.54) is 0 Å². The maximum Gasteiger partial charge on any atom is 0.243 e. The van der Waals surface area contributed by atoms with Crippen molar-refractivity contribution < 1.29 is 9.59 Å². The lowest BCUT2D eigenvalue weighted by molar-refractivity contribution is -0.137. The summed E-state index contributed by atoms with van der Waals surface area (Å²) in [6, 6.07) is -0.664. The first-order chi connectivity index (χ1) is 8.04. The molecule has 1 rings (SSSR count). The summed E-state index contributed by atoms with van der Waals surface area (Å²) >= 11 is 0. The second kappa shape index (κ2) is 6.62. The number of nitrogens with one attached hydrogen (secondary N) is 2. The van der Waals surface area contributed by atoms with Crippen molar-refractivity contribution >= 4 is 11.8 Å². The Kier molecular flexibility index (Phi) is 5.45. The Hall–Kier alpha value is -1.06. The largest absolute Gasteiger partial charge is 0.343 e. The molecule has 0 aromatic heterocycles. The number of carbonyl (C=O) groups excluding carboxylic acids is 2. The van der Waals surface area contributed by atoms with E-state index < -0.39 is 0 Å². The molecule has 1 aliphatic rings. The third-order valence-corrected chi connectivity index (χ3v) is 3.07. The summed E-state index contributed by atoms with van der Waals surface area (Å²) in [5.74, 6) is 0.355. The summed E-state index contributed by atoms with van der Waals surface area (Å²) < 4.78 is 0. The van der Waals surface area contributed by atoms with Crippen molar-refractivity contribution in [1.82, 2.24) is 10.6 Å². The molecule has 2 amide bonds. The lowest BCUT2D eigenvalue weighted by atomic mass is 9.98. The predicted octanol–water partition coefficient (Wildman–Crippen LogP) is 1.60. The van der Waals surface area contributed by atoms with E-state index in [0.29, 0.717) is 12.3 Å². The zero-order valence-electron chi connectivity index (χ0n) is 11.1. The molecule has 0 radical (unpaired) electrons. The highest BCUT2D eigenvalue weighted by Gasteiger charge is 2.33. The van der Waals surface area contributed by atoms with Gasteiger partial charge in [0.05, 0.1) is 0 Å². The molecule has 1 fully saturated rings. The minimum atomic E-state index is -0.343. The van der Waals surface area contributed by atoms with Crippen molar-refractivity contribution in [3.8, 4) is 0 Å². The molecule has 0 aliphatic carbocycles. The van der Waals surface area contributed by atoms with Crippen LogP contribution in [-0.4, -0.2) is 23.9 Å². The van der Waals surface area contributed by atoms with Crippen molar-refractivity contribution in [2.75, 3.05) is 0 Å². The number of piperazine rings is 1. The normalized spacial score (nSPS) is 24.7. The Balaban J connectivity index is 2.43. The number of hydrogen-bond acceptors (Lipinski definition) is 2. The smallest absolute Gasteiger partial charge is 0.243 e. The molecule has 0 spiro atoms. The Morgan fingerprint density at radius 1 is 1.06 bits per heavy atom. The molecule has 2 N–H and O–H groups in total. The molecule has 2 atom stereocenters. The number of rotatable bonds is 6. The summed E-state index contributed by atoms with van der Waals surface area (Å²) in [4.78, 5) is 23.6.